The molecule has 1 atom stereocenters. The van der Waals surface area contributed by atoms with Gasteiger partial charge in [-0.3, -0.25) is 4.79 Å². The van der Waals surface area contributed by atoms with Crippen LogP contribution in [0, 0.1) is 11.3 Å². The summed E-state index contributed by atoms with van der Waals surface area (Å²) in [5.41, 5.74) is 1.07. The van der Waals surface area contributed by atoms with E-state index in [0.717, 1.165) is 19.3 Å². The highest BCUT2D eigenvalue weighted by Crippen LogP contribution is 2.57. The van der Waals surface area contributed by atoms with Crippen LogP contribution < -0.4 is 0 Å². The molecule has 0 aromatic carbocycles. The van der Waals surface area contributed by atoms with E-state index in [1.165, 1.54) is 25.5 Å². The van der Waals surface area contributed by atoms with Gasteiger partial charge in [-0.1, -0.05) is 25.0 Å². The fourth-order valence-corrected chi connectivity index (χ4v) is 2.69. The molecule has 2 rings (SSSR count). The summed E-state index contributed by atoms with van der Waals surface area (Å²) < 4.78 is 4.91. The summed E-state index contributed by atoms with van der Waals surface area (Å²) in [5.74, 6) is 0.427. The molecule has 0 aliphatic heterocycles. The van der Waals surface area contributed by atoms with Crippen LogP contribution in [0.1, 0.15) is 32.1 Å². The quantitative estimate of drug-likeness (QED) is 0.481. The van der Waals surface area contributed by atoms with Crippen LogP contribution in [0.25, 0.3) is 0 Å². The van der Waals surface area contributed by atoms with Gasteiger partial charge in [0, 0.05) is 0 Å². The summed E-state index contributed by atoms with van der Waals surface area (Å²) in [6.07, 6.45) is 5.37. The summed E-state index contributed by atoms with van der Waals surface area (Å²) in [7, 11) is 1.49. The molecule has 0 amide bonds. The van der Waals surface area contributed by atoms with Crippen LogP contribution in [0.2, 0.25) is 0 Å². The van der Waals surface area contributed by atoms with E-state index in [2.05, 4.69) is 6.58 Å². The topological polar surface area (TPSA) is 26.3 Å². The Labute approximate surface area is 79.0 Å². The van der Waals surface area contributed by atoms with Crippen molar-refractivity contribution in [2.75, 3.05) is 7.11 Å². The summed E-state index contributed by atoms with van der Waals surface area (Å²) in [4.78, 5) is 11.7. The first-order chi connectivity index (χ1) is 6.20. The number of carbonyl (C=O) groups excluding carboxylic acids is 1. The van der Waals surface area contributed by atoms with Crippen LogP contribution in [0.15, 0.2) is 12.2 Å². The van der Waals surface area contributed by atoms with Gasteiger partial charge in [-0.25, -0.2) is 0 Å². The summed E-state index contributed by atoms with van der Waals surface area (Å²) in [6, 6.07) is 0. The lowest BCUT2D eigenvalue weighted by atomic mass is 9.80. The second-order valence-corrected chi connectivity index (χ2v) is 4.27. The van der Waals surface area contributed by atoms with Gasteiger partial charge in [-0.2, -0.15) is 0 Å². The number of allylic oxidation sites excluding steroid dienone is 1. The first-order valence-corrected chi connectivity index (χ1v) is 4.97. The fraction of sp³-hybridized carbons (Fsp3) is 0.727. The maximum Gasteiger partial charge on any atom is 0.312 e. The van der Waals surface area contributed by atoms with Crippen molar-refractivity contribution < 1.29 is 9.53 Å². The number of esters is 1. The van der Waals surface area contributed by atoms with Crippen LogP contribution in [0.4, 0.5) is 0 Å². The molecule has 2 fully saturated rings. The zero-order valence-corrected chi connectivity index (χ0v) is 8.14. The maximum atomic E-state index is 11.7. The zero-order chi connectivity index (χ0) is 9.47. The number of carbonyl (C=O) groups is 1. The minimum atomic E-state index is -0.175. The molecule has 72 valence electrons. The average molecular weight is 180 g/mol. The Morgan fingerprint density at radius 1 is 1.54 bits per heavy atom. The van der Waals surface area contributed by atoms with E-state index in [4.69, 9.17) is 4.74 Å². The van der Waals surface area contributed by atoms with Gasteiger partial charge in [-0.15, -0.1) is 0 Å². The summed E-state index contributed by atoms with van der Waals surface area (Å²) in [6.45, 7) is 3.95. The van der Waals surface area contributed by atoms with Crippen LogP contribution in [-0.4, -0.2) is 13.1 Å². The molecule has 2 heteroatoms. The third kappa shape index (κ3) is 1.19. The van der Waals surface area contributed by atoms with Crippen molar-refractivity contribution in [2.45, 2.75) is 32.1 Å². The molecule has 0 aromatic heterocycles. The monoisotopic (exact) mass is 180 g/mol. The minimum absolute atomic E-state index is 0.00588. The van der Waals surface area contributed by atoms with Gasteiger partial charge in [-0.05, 0) is 25.2 Å². The van der Waals surface area contributed by atoms with Gasteiger partial charge in [0.15, 0.2) is 0 Å². The van der Waals surface area contributed by atoms with E-state index in [1.54, 1.807) is 0 Å². The lowest BCUT2D eigenvalue weighted by Crippen LogP contribution is -2.31. The molecule has 0 bridgehead atoms. The fourth-order valence-electron chi connectivity index (χ4n) is 2.69. The van der Waals surface area contributed by atoms with E-state index < -0.39 is 0 Å². The molecule has 0 heterocycles. The van der Waals surface area contributed by atoms with Crippen molar-refractivity contribution in [1.29, 1.82) is 0 Å². The molecule has 2 saturated carbocycles. The third-order valence-corrected chi connectivity index (χ3v) is 3.55. The standard InChI is InChI=1S/C11H16O2/c1-8-7-9(8)11(10(12)13-2)5-3-4-6-11/h9H,1,3-7H2,2H3. The van der Waals surface area contributed by atoms with Gasteiger partial charge in [0.1, 0.15) is 0 Å². The molecule has 1 unspecified atom stereocenters. The highest BCUT2D eigenvalue weighted by molar-refractivity contribution is 5.79. The Bertz CT molecular complexity index is 249. The lowest BCUT2D eigenvalue weighted by Gasteiger charge is -2.24. The van der Waals surface area contributed by atoms with Crippen molar-refractivity contribution in [3.8, 4) is 0 Å². The average Bonchev–Trinajstić information content (AvgIpc) is 2.71. The lowest BCUT2D eigenvalue weighted by molar-refractivity contribution is -0.153. The predicted octanol–water partition coefficient (Wildman–Crippen LogP) is 2.30. The van der Waals surface area contributed by atoms with E-state index in [0.29, 0.717) is 5.92 Å². The summed E-state index contributed by atoms with van der Waals surface area (Å²) in [5, 5.41) is 0. The molecule has 0 radical (unpaired) electrons. The van der Waals surface area contributed by atoms with E-state index in [9.17, 15) is 4.79 Å². The molecule has 0 saturated heterocycles. The molecular weight excluding hydrogens is 164 g/mol. The zero-order valence-electron chi connectivity index (χ0n) is 8.14. The molecular formula is C11H16O2. The van der Waals surface area contributed by atoms with Crippen LogP contribution in [0.5, 0.6) is 0 Å². The van der Waals surface area contributed by atoms with Crippen molar-refractivity contribution in [3.05, 3.63) is 12.2 Å². The largest absolute Gasteiger partial charge is 0.469 e. The second kappa shape index (κ2) is 2.86. The van der Waals surface area contributed by atoms with Gasteiger partial charge in [0.2, 0.25) is 0 Å². The Kier molecular flexibility index (Phi) is 1.94. The highest BCUT2D eigenvalue weighted by atomic mass is 16.5. The number of hydrogen-bond acceptors (Lipinski definition) is 2. The molecule has 0 N–H and O–H groups in total. The van der Waals surface area contributed by atoms with Gasteiger partial charge in [0.25, 0.3) is 0 Å². The van der Waals surface area contributed by atoms with Gasteiger partial charge >= 0.3 is 5.97 Å². The van der Waals surface area contributed by atoms with Crippen LogP contribution in [0.3, 0.4) is 0 Å². The van der Waals surface area contributed by atoms with E-state index >= 15 is 0 Å². The Hall–Kier alpha value is -0.790. The molecule has 2 nitrogen and oxygen atoms in total. The number of rotatable bonds is 2. The van der Waals surface area contributed by atoms with Crippen LogP contribution >= 0.6 is 0 Å². The molecule has 0 spiro atoms. The SMILES string of the molecule is C=C1CC1C1(C(=O)OC)CCCC1. The normalized spacial score (nSPS) is 30.2. The third-order valence-electron chi connectivity index (χ3n) is 3.55. The van der Waals surface area contributed by atoms with Crippen molar-refractivity contribution in [2.24, 2.45) is 11.3 Å². The smallest absolute Gasteiger partial charge is 0.312 e. The maximum absolute atomic E-state index is 11.7. The highest BCUT2D eigenvalue weighted by Gasteiger charge is 2.54. The first kappa shape index (κ1) is 8.79. The number of ether oxygens (including phenoxy) is 1. The molecule has 2 aliphatic rings. The van der Waals surface area contributed by atoms with Crippen LogP contribution in [-0.2, 0) is 9.53 Å². The number of methoxy groups -OCH3 is 1. The summed E-state index contributed by atoms with van der Waals surface area (Å²) >= 11 is 0. The van der Waals surface area contributed by atoms with Crippen molar-refractivity contribution >= 4 is 5.97 Å². The van der Waals surface area contributed by atoms with E-state index in [1.807, 2.05) is 0 Å². The predicted molar refractivity (Wildman–Crippen MR) is 50.2 cm³/mol. The Balaban J connectivity index is 2.20. The second-order valence-electron chi connectivity index (χ2n) is 4.27. The first-order valence-electron chi connectivity index (χ1n) is 4.97. The van der Waals surface area contributed by atoms with Gasteiger partial charge in [0.05, 0.1) is 12.5 Å². The molecule has 0 aromatic rings. The molecule has 2 aliphatic carbocycles. The van der Waals surface area contributed by atoms with E-state index in [-0.39, 0.29) is 11.4 Å². The van der Waals surface area contributed by atoms with Gasteiger partial charge < -0.3 is 4.74 Å². The van der Waals surface area contributed by atoms with Crippen molar-refractivity contribution in [1.82, 2.24) is 0 Å². The Morgan fingerprint density at radius 2 is 2.08 bits per heavy atom. The minimum Gasteiger partial charge on any atom is -0.469 e. The van der Waals surface area contributed by atoms with Crippen molar-refractivity contribution in [3.63, 3.8) is 0 Å². The molecule has 13 heavy (non-hydrogen) atoms. The number of hydrogen-bond donors (Lipinski definition) is 0. The Morgan fingerprint density at radius 3 is 2.46 bits per heavy atom.